The van der Waals surface area contributed by atoms with Crippen LogP contribution in [0.3, 0.4) is 0 Å². The first-order valence-corrected chi connectivity index (χ1v) is 7.17. The zero-order valence-corrected chi connectivity index (χ0v) is 12.8. The van der Waals surface area contributed by atoms with Crippen molar-refractivity contribution >= 4 is 27.5 Å². The Labute approximate surface area is 125 Å². The molecule has 2 aromatic carbocycles. The maximum absolute atomic E-state index is 13.1. The molecule has 0 radical (unpaired) electrons. The van der Waals surface area contributed by atoms with Gasteiger partial charge in [-0.15, -0.1) is 0 Å². The summed E-state index contributed by atoms with van der Waals surface area (Å²) in [5, 5.41) is 4.13. The van der Waals surface area contributed by atoms with Crippen molar-refractivity contribution in [2.24, 2.45) is 0 Å². The lowest BCUT2D eigenvalue weighted by Crippen LogP contribution is -2.18. The quantitative estimate of drug-likeness (QED) is 0.816. The fourth-order valence-corrected chi connectivity index (χ4v) is 2.58. The zero-order chi connectivity index (χ0) is 13.8. The van der Waals surface area contributed by atoms with Crippen molar-refractivity contribution in [3.8, 4) is 0 Å². The van der Waals surface area contributed by atoms with Crippen molar-refractivity contribution in [3.05, 3.63) is 68.9 Å². The molecule has 1 atom stereocenters. The Morgan fingerprint density at radius 3 is 2.68 bits per heavy atom. The molecule has 19 heavy (non-hydrogen) atoms. The number of nitrogens with one attached hydrogen (secondary N) is 1. The second-order valence-corrected chi connectivity index (χ2v) is 5.63. The van der Waals surface area contributed by atoms with E-state index in [1.807, 2.05) is 24.3 Å². The van der Waals surface area contributed by atoms with Crippen LogP contribution in [0.5, 0.6) is 0 Å². The van der Waals surface area contributed by atoms with Gasteiger partial charge in [0.2, 0.25) is 0 Å². The van der Waals surface area contributed by atoms with Gasteiger partial charge in [-0.2, -0.15) is 0 Å². The highest BCUT2D eigenvalue weighted by Crippen LogP contribution is 2.23. The number of halogens is 3. The molecule has 0 unspecified atom stereocenters. The Bertz CT molecular complexity index is 574. The standard InChI is InChI=1S/C15H14BrClFN/c1-10(12-4-2-3-5-14(12)17)19-9-11-6-7-15(18)13(16)8-11/h2-8,10,19H,9H2,1H3/t10-/m0/s1. The van der Waals surface area contributed by atoms with Crippen molar-refractivity contribution in [1.82, 2.24) is 5.32 Å². The third-order valence-corrected chi connectivity index (χ3v) is 3.92. The minimum Gasteiger partial charge on any atom is -0.306 e. The highest BCUT2D eigenvalue weighted by atomic mass is 79.9. The fourth-order valence-electron chi connectivity index (χ4n) is 1.86. The van der Waals surface area contributed by atoms with Crippen molar-refractivity contribution < 1.29 is 4.39 Å². The van der Waals surface area contributed by atoms with Crippen LogP contribution >= 0.6 is 27.5 Å². The van der Waals surface area contributed by atoms with Crippen molar-refractivity contribution in [1.29, 1.82) is 0 Å². The minimum atomic E-state index is -0.247. The molecule has 0 aromatic heterocycles. The van der Waals surface area contributed by atoms with E-state index < -0.39 is 0 Å². The maximum atomic E-state index is 13.1. The van der Waals surface area contributed by atoms with Crippen LogP contribution in [0, 0.1) is 5.82 Å². The number of hydrogen-bond donors (Lipinski definition) is 1. The molecule has 4 heteroatoms. The van der Waals surface area contributed by atoms with Gasteiger partial charge in [0.1, 0.15) is 5.82 Å². The molecule has 0 saturated carbocycles. The van der Waals surface area contributed by atoms with Crippen LogP contribution in [0.1, 0.15) is 24.1 Å². The number of benzene rings is 2. The molecule has 0 spiro atoms. The molecule has 0 heterocycles. The van der Waals surface area contributed by atoms with Gasteiger partial charge in [-0.3, -0.25) is 0 Å². The van der Waals surface area contributed by atoms with Gasteiger partial charge >= 0.3 is 0 Å². The second kappa shape index (κ2) is 6.51. The van der Waals surface area contributed by atoms with Crippen LogP contribution in [0.2, 0.25) is 5.02 Å². The molecular formula is C15H14BrClFN. The molecule has 0 saturated heterocycles. The van der Waals surface area contributed by atoms with Crippen LogP contribution in [0.25, 0.3) is 0 Å². The summed E-state index contributed by atoms with van der Waals surface area (Å²) >= 11 is 9.34. The van der Waals surface area contributed by atoms with E-state index in [1.165, 1.54) is 6.07 Å². The molecular weight excluding hydrogens is 329 g/mol. The Morgan fingerprint density at radius 2 is 2.00 bits per heavy atom. The summed E-state index contributed by atoms with van der Waals surface area (Å²) in [6.45, 7) is 2.71. The third-order valence-electron chi connectivity index (χ3n) is 2.97. The first-order chi connectivity index (χ1) is 9.08. The van der Waals surface area contributed by atoms with Crippen LogP contribution in [0.4, 0.5) is 4.39 Å². The highest BCUT2D eigenvalue weighted by Gasteiger charge is 2.08. The summed E-state index contributed by atoms with van der Waals surface area (Å²) in [6.07, 6.45) is 0. The highest BCUT2D eigenvalue weighted by molar-refractivity contribution is 9.10. The predicted molar refractivity (Wildman–Crippen MR) is 80.8 cm³/mol. The van der Waals surface area contributed by atoms with E-state index in [9.17, 15) is 4.39 Å². The summed E-state index contributed by atoms with van der Waals surface area (Å²) in [4.78, 5) is 0. The SMILES string of the molecule is C[C@H](NCc1ccc(F)c(Br)c1)c1ccccc1Cl. The van der Waals surface area contributed by atoms with Crippen LogP contribution in [-0.2, 0) is 6.54 Å². The van der Waals surface area contributed by atoms with Crippen LogP contribution in [-0.4, -0.2) is 0 Å². The van der Waals surface area contributed by atoms with Gasteiger partial charge in [0.05, 0.1) is 4.47 Å². The molecule has 0 aliphatic rings. The van der Waals surface area contributed by atoms with Crippen LogP contribution < -0.4 is 5.32 Å². The molecule has 0 amide bonds. The fraction of sp³-hybridized carbons (Fsp3) is 0.200. The molecule has 0 aliphatic heterocycles. The van der Waals surface area contributed by atoms with Gasteiger partial charge in [-0.05, 0) is 52.2 Å². The lowest BCUT2D eigenvalue weighted by molar-refractivity contribution is 0.572. The third kappa shape index (κ3) is 3.78. The normalized spacial score (nSPS) is 12.4. The summed E-state index contributed by atoms with van der Waals surface area (Å²) in [5.74, 6) is -0.247. The first-order valence-electron chi connectivity index (χ1n) is 5.99. The number of rotatable bonds is 4. The van der Waals surface area contributed by atoms with Gasteiger partial charge < -0.3 is 5.32 Å². The van der Waals surface area contributed by atoms with E-state index in [0.717, 1.165) is 16.1 Å². The Morgan fingerprint density at radius 1 is 1.26 bits per heavy atom. The summed E-state index contributed by atoms with van der Waals surface area (Å²) in [6, 6.07) is 12.9. The van der Waals surface area contributed by atoms with Crippen molar-refractivity contribution in [2.45, 2.75) is 19.5 Å². The molecule has 0 bridgehead atoms. The first kappa shape index (κ1) is 14.5. The molecule has 1 N–H and O–H groups in total. The second-order valence-electron chi connectivity index (χ2n) is 4.37. The Kier molecular flexibility index (Phi) is 4.97. The average molecular weight is 343 g/mol. The smallest absolute Gasteiger partial charge is 0.137 e. The predicted octanol–water partition coefficient (Wildman–Crippen LogP) is 5.09. The monoisotopic (exact) mass is 341 g/mol. The molecule has 0 aliphatic carbocycles. The van der Waals surface area contributed by atoms with Crippen LogP contribution in [0.15, 0.2) is 46.9 Å². The van der Waals surface area contributed by atoms with E-state index in [-0.39, 0.29) is 11.9 Å². The maximum Gasteiger partial charge on any atom is 0.137 e. The minimum absolute atomic E-state index is 0.137. The zero-order valence-electron chi connectivity index (χ0n) is 10.5. The van der Waals surface area contributed by atoms with Gasteiger partial charge in [0, 0.05) is 17.6 Å². The molecule has 0 fully saturated rings. The Hall–Kier alpha value is -0.900. The summed E-state index contributed by atoms with van der Waals surface area (Å²) in [5.41, 5.74) is 2.08. The Balaban J connectivity index is 2.02. The average Bonchev–Trinajstić information content (AvgIpc) is 2.40. The molecule has 2 aromatic rings. The van der Waals surface area contributed by atoms with Gasteiger partial charge in [0.15, 0.2) is 0 Å². The van der Waals surface area contributed by atoms with E-state index in [0.29, 0.717) is 11.0 Å². The van der Waals surface area contributed by atoms with E-state index in [2.05, 4.69) is 28.2 Å². The van der Waals surface area contributed by atoms with E-state index in [4.69, 9.17) is 11.6 Å². The summed E-state index contributed by atoms with van der Waals surface area (Å²) < 4.78 is 13.6. The van der Waals surface area contributed by atoms with Gasteiger partial charge in [-0.25, -0.2) is 4.39 Å². The molecule has 1 nitrogen and oxygen atoms in total. The van der Waals surface area contributed by atoms with E-state index >= 15 is 0 Å². The molecule has 100 valence electrons. The topological polar surface area (TPSA) is 12.0 Å². The lowest BCUT2D eigenvalue weighted by atomic mass is 10.1. The van der Waals surface area contributed by atoms with E-state index in [1.54, 1.807) is 12.1 Å². The van der Waals surface area contributed by atoms with Gasteiger partial charge in [0.25, 0.3) is 0 Å². The lowest BCUT2D eigenvalue weighted by Gasteiger charge is -2.15. The van der Waals surface area contributed by atoms with Crippen molar-refractivity contribution in [3.63, 3.8) is 0 Å². The van der Waals surface area contributed by atoms with Gasteiger partial charge in [-0.1, -0.05) is 35.9 Å². The largest absolute Gasteiger partial charge is 0.306 e. The summed E-state index contributed by atoms with van der Waals surface area (Å²) in [7, 11) is 0. The molecule has 2 rings (SSSR count). The number of hydrogen-bond acceptors (Lipinski definition) is 1. The van der Waals surface area contributed by atoms with Crippen molar-refractivity contribution in [2.75, 3.05) is 0 Å².